The third-order valence-corrected chi connectivity index (χ3v) is 3.32. The summed E-state index contributed by atoms with van der Waals surface area (Å²) in [5.41, 5.74) is 0.0678. The lowest BCUT2D eigenvalue weighted by atomic mass is 10.3. The molecule has 1 atom stereocenters. The molecular formula is C12H15NO4S. The first-order valence-corrected chi connectivity index (χ1v) is 6.48. The highest BCUT2D eigenvalue weighted by Gasteiger charge is 2.17. The van der Waals surface area contributed by atoms with Crippen molar-refractivity contribution in [2.45, 2.75) is 30.4 Å². The van der Waals surface area contributed by atoms with Gasteiger partial charge in [-0.15, -0.1) is 11.8 Å². The van der Waals surface area contributed by atoms with Crippen molar-refractivity contribution in [1.82, 2.24) is 0 Å². The zero-order chi connectivity index (χ0) is 13.5. The van der Waals surface area contributed by atoms with Gasteiger partial charge in [0.25, 0.3) is 5.69 Å². The second-order valence-electron chi connectivity index (χ2n) is 3.66. The van der Waals surface area contributed by atoms with E-state index < -0.39 is 4.92 Å². The zero-order valence-corrected chi connectivity index (χ0v) is 11.1. The first-order chi connectivity index (χ1) is 8.54. The molecule has 5 nitrogen and oxygen atoms in total. The highest BCUT2D eigenvalue weighted by molar-refractivity contribution is 8.00. The molecule has 0 aliphatic rings. The molecule has 0 aliphatic carbocycles. The van der Waals surface area contributed by atoms with Crippen molar-refractivity contribution in [2.24, 2.45) is 0 Å². The predicted octanol–water partition coefficient (Wildman–Crippen LogP) is 3.03. The fourth-order valence-corrected chi connectivity index (χ4v) is 2.49. The van der Waals surface area contributed by atoms with Crippen molar-refractivity contribution in [1.29, 1.82) is 0 Å². The SMILES string of the molecule is CCOC(=O)CC(C)Sc1ccccc1[N+](=O)[O-]. The summed E-state index contributed by atoms with van der Waals surface area (Å²) in [6.45, 7) is 3.94. The van der Waals surface area contributed by atoms with Gasteiger partial charge in [-0.25, -0.2) is 0 Å². The van der Waals surface area contributed by atoms with Gasteiger partial charge in [0.15, 0.2) is 0 Å². The van der Waals surface area contributed by atoms with Gasteiger partial charge in [-0.3, -0.25) is 14.9 Å². The predicted molar refractivity (Wildman–Crippen MR) is 69.7 cm³/mol. The molecule has 0 fully saturated rings. The van der Waals surface area contributed by atoms with Crippen molar-refractivity contribution in [2.75, 3.05) is 6.61 Å². The average Bonchev–Trinajstić information content (AvgIpc) is 2.29. The Bertz CT molecular complexity index is 436. The maximum Gasteiger partial charge on any atom is 0.306 e. The number of rotatable bonds is 6. The van der Waals surface area contributed by atoms with Crippen LogP contribution in [0.1, 0.15) is 20.3 Å². The number of nitro benzene ring substituents is 1. The Hall–Kier alpha value is -1.56. The number of carbonyl (C=O) groups is 1. The van der Waals surface area contributed by atoms with Crippen LogP contribution in [0.3, 0.4) is 0 Å². The fourth-order valence-electron chi connectivity index (χ4n) is 1.42. The Morgan fingerprint density at radius 3 is 2.78 bits per heavy atom. The topological polar surface area (TPSA) is 69.4 Å². The van der Waals surface area contributed by atoms with Gasteiger partial charge in [0.2, 0.25) is 0 Å². The molecule has 98 valence electrons. The molecule has 1 unspecified atom stereocenters. The van der Waals surface area contributed by atoms with Crippen molar-refractivity contribution >= 4 is 23.4 Å². The van der Waals surface area contributed by atoms with E-state index in [1.807, 2.05) is 6.92 Å². The molecule has 0 N–H and O–H groups in total. The molecule has 0 heterocycles. The molecule has 18 heavy (non-hydrogen) atoms. The van der Waals surface area contributed by atoms with E-state index in [9.17, 15) is 14.9 Å². The summed E-state index contributed by atoms with van der Waals surface area (Å²) in [6, 6.07) is 6.51. The van der Waals surface area contributed by atoms with Crippen LogP contribution in [0.15, 0.2) is 29.2 Å². The van der Waals surface area contributed by atoms with E-state index in [2.05, 4.69) is 0 Å². The number of hydrogen-bond acceptors (Lipinski definition) is 5. The van der Waals surface area contributed by atoms with Gasteiger partial charge in [0, 0.05) is 11.3 Å². The van der Waals surface area contributed by atoms with Crippen LogP contribution >= 0.6 is 11.8 Å². The van der Waals surface area contributed by atoms with E-state index >= 15 is 0 Å². The number of hydrogen-bond donors (Lipinski definition) is 0. The molecule has 1 aromatic carbocycles. The van der Waals surface area contributed by atoms with E-state index in [1.165, 1.54) is 17.8 Å². The van der Waals surface area contributed by atoms with Gasteiger partial charge in [0.05, 0.1) is 22.8 Å². The number of esters is 1. The number of thioether (sulfide) groups is 1. The molecule has 0 spiro atoms. The van der Waals surface area contributed by atoms with Crippen LogP contribution in [-0.4, -0.2) is 22.7 Å². The molecule has 0 aromatic heterocycles. The van der Waals surface area contributed by atoms with E-state index in [4.69, 9.17) is 4.74 Å². The fraction of sp³-hybridized carbons (Fsp3) is 0.417. The van der Waals surface area contributed by atoms with Crippen LogP contribution in [0.5, 0.6) is 0 Å². The van der Waals surface area contributed by atoms with Crippen molar-refractivity contribution in [3.05, 3.63) is 34.4 Å². The Balaban J connectivity index is 2.67. The minimum atomic E-state index is -0.417. The van der Waals surface area contributed by atoms with Gasteiger partial charge in [-0.05, 0) is 13.0 Å². The second kappa shape index (κ2) is 7.00. The molecule has 0 bridgehead atoms. The summed E-state index contributed by atoms with van der Waals surface area (Å²) in [7, 11) is 0. The standard InChI is InChI=1S/C12H15NO4S/c1-3-17-12(14)8-9(2)18-11-7-5-4-6-10(11)13(15)16/h4-7,9H,3,8H2,1-2H3. The Morgan fingerprint density at radius 1 is 1.50 bits per heavy atom. The smallest absolute Gasteiger partial charge is 0.306 e. The summed E-state index contributed by atoms with van der Waals surface area (Å²) in [4.78, 5) is 22.3. The minimum absolute atomic E-state index is 0.0647. The van der Waals surface area contributed by atoms with E-state index in [1.54, 1.807) is 25.1 Å². The lowest BCUT2D eigenvalue weighted by molar-refractivity contribution is -0.387. The molecule has 0 aliphatic heterocycles. The number of ether oxygens (including phenoxy) is 1. The molecule has 0 saturated heterocycles. The molecule has 0 radical (unpaired) electrons. The van der Waals surface area contributed by atoms with Crippen LogP contribution in [-0.2, 0) is 9.53 Å². The van der Waals surface area contributed by atoms with Crippen LogP contribution in [0.25, 0.3) is 0 Å². The van der Waals surface area contributed by atoms with Crippen LogP contribution in [0.2, 0.25) is 0 Å². The maximum atomic E-state index is 11.3. The number of carbonyl (C=O) groups excluding carboxylic acids is 1. The zero-order valence-electron chi connectivity index (χ0n) is 10.3. The first kappa shape index (κ1) is 14.5. The minimum Gasteiger partial charge on any atom is -0.466 e. The monoisotopic (exact) mass is 269 g/mol. The Labute approximate surface area is 110 Å². The van der Waals surface area contributed by atoms with Crippen molar-refractivity contribution in [3.8, 4) is 0 Å². The third kappa shape index (κ3) is 4.37. The largest absolute Gasteiger partial charge is 0.466 e. The van der Waals surface area contributed by atoms with Crippen molar-refractivity contribution < 1.29 is 14.5 Å². The quantitative estimate of drug-likeness (QED) is 0.343. The highest BCUT2D eigenvalue weighted by Crippen LogP contribution is 2.32. The summed E-state index contributed by atoms with van der Waals surface area (Å²) < 4.78 is 4.84. The second-order valence-corrected chi connectivity index (χ2v) is 5.14. The maximum absolute atomic E-state index is 11.3. The van der Waals surface area contributed by atoms with Crippen molar-refractivity contribution in [3.63, 3.8) is 0 Å². The van der Waals surface area contributed by atoms with Gasteiger partial charge < -0.3 is 4.74 Å². The Kier molecular flexibility index (Phi) is 5.64. The summed E-state index contributed by atoms with van der Waals surface area (Å²) in [5.74, 6) is -0.281. The summed E-state index contributed by atoms with van der Waals surface area (Å²) in [6.07, 6.45) is 0.241. The molecule has 0 saturated carbocycles. The molecule has 0 amide bonds. The lowest BCUT2D eigenvalue weighted by Crippen LogP contribution is -2.10. The number of benzene rings is 1. The molecule has 6 heteroatoms. The summed E-state index contributed by atoms with van der Waals surface area (Å²) >= 11 is 1.31. The normalized spacial score (nSPS) is 11.9. The van der Waals surface area contributed by atoms with E-state index in [-0.39, 0.29) is 23.3 Å². The van der Waals surface area contributed by atoms with Gasteiger partial charge in [0.1, 0.15) is 0 Å². The van der Waals surface area contributed by atoms with Gasteiger partial charge in [-0.1, -0.05) is 19.1 Å². The Morgan fingerprint density at radius 2 is 2.17 bits per heavy atom. The average molecular weight is 269 g/mol. The molecular weight excluding hydrogens is 254 g/mol. The number of nitro groups is 1. The van der Waals surface area contributed by atoms with Gasteiger partial charge in [-0.2, -0.15) is 0 Å². The number of para-hydroxylation sites is 1. The molecule has 1 rings (SSSR count). The number of nitrogens with zero attached hydrogens (tertiary/aromatic N) is 1. The highest BCUT2D eigenvalue weighted by atomic mass is 32.2. The van der Waals surface area contributed by atoms with Crippen LogP contribution < -0.4 is 0 Å². The first-order valence-electron chi connectivity index (χ1n) is 5.60. The molecule has 1 aromatic rings. The third-order valence-electron chi connectivity index (χ3n) is 2.15. The van der Waals surface area contributed by atoms with E-state index in [0.29, 0.717) is 11.5 Å². The van der Waals surface area contributed by atoms with Crippen LogP contribution in [0.4, 0.5) is 5.69 Å². The summed E-state index contributed by atoms with van der Waals surface area (Å²) in [5, 5.41) is 10.8. The lowest BCUT2D eigenvalue weighted by Gasteiger charge is -2.10. The van der Waals surface area contributed by atoms with Crippen LogP contribution in [0, 0.1) is 10.1 Å². The van der Waals surface area contributed by atoms with E-state index in [0.717, 1.165) is 0 Å². The van der Waals surface area contributed by atoms with Gasteiger partial charge >= 0.3 is 5.97 Å².